The molecule has 0 spiro atoms. The highest BCUT2D eigenvalue weighted by atomic mass is 16.2. The second kappa shape index (κ2) is 6.44. The van der Waals surface area contributed by atoms with E-state index in [1.165, 1.54) is 11.0 Å². The van der Waals surface area contributed by atoms with E-state index in [2.05, 4.69) is 11.1 Å². The lowest BCUT2D eigenvalue weighted by atomic mass is 10.0. The van der Waals surface area contributed by atoms with E-state index < -0.39 is 0 Å². The van der Waals surface area contributed by atoms with Crippen LogP contribution in [0.3, 0.4) is 0 Å². The van der Waals surface area contributed by atoms with Gasteiger partial charge in [0.15, 0.2) is 0 Å². The number of aryl methyl sites for hydroxylation is 1. The van der Waals surface area contributed by atoms with E-state index in [4.69, 9.17) is 11.0 Å². The zero-order valence-corrected chi connectivity index (χ0v) is 16.1. The number of nitrogens with two attached hydrogens (primary N) is 1. The van der Waals surface area contributed by atoms with Crippen LogP contribution in [0.5, 0.6) is 0 Å². The number of H-pyrrole nitrogens is 1. The van der Waals surface area contributed by atoms with Crippen molar-refractivity contribution in [2.24, 2.45) is 12.8 Å². The molecule has 30 heavy (non-hydrogen) atoms. The molecule has 0 saturated heterocycles. The summed E-state index contributed by atoms with van der Waals surface area (Å²) in [6.07, 6.45) is 4.86. The molecule has 0 bridgehead atoms. The fraction of sp³-hybridized carbons (Fsp3) is 0.0870. The molecule has 7 nitrogen and oxygen atoms in total. The summed E-state index contributed by atoms with van der Waals surface area (Å²) in [5, 5.41) is 10.7. The van der Waals surface area contributed by atoms with Gasteiger partial charge in [-0.05, 0) is 29.8 Å². The van der Waals surface area contributed by atoms with Gasteiger partial charge in [-0.2, -0.15) is 5.26 Å². The highest BCUT2D eigenvalue weighted by Gasteiger charge is 2.35. The standard InChI is InChI=1S/C23H17N5O2/c1-27-12-21(16-5-3-14(10-25)7-20(16)27)28-22(29)8-17(23(28)30)18-11-26-19-6-13(9-24)2-4-15(18)19/h2-8,11-12,26H,9,24H2,1H3. The van der Waals surface area contributed by atoms with E-state index in [-0.39, 0.29) is 11.8 Å². The number of nitrogens with one attached hydrogen (secondary N) is 1. The van der Waals surface area contributed by atoms with Crippen molar-refractivity contribution in [2.45, 2.75) is 6.54 Å². The smallest absolute Gasteiger partial charge is 0.266 e. The Balaban J connectivity index is 1.59. The molecule has 1 aliphatic heterocycles. The lowest BCUT2D eigenvalue weighted by Gasteiger charge is -2.13. The number of nitrogens with zero attached hydrogens (tertiary/aromatic N) is 3. The van der Waals surface area contributed by atoms with Crippen molar-refractivity contribution >= 4 is 44.9 Å². The highest BCUT2D eigenvalue weighted by molar-refractivity contribution is 6.45. The second-order valence-electron chi connectivity index (χ2n) is 7.29. The van der Waals surface area contributed by atoms with Gasteiger partial charge < -0.3 is 15.3 Å². The van der Waals surface area contributed by atoms with Gasteiger partial charge in [0.25, 0.3) is 11.8 Å². The van der Waals surface area contributed by atoms with E-state index in [0.29, 0.717) is 28.9 Å². The number of nitriles is 1. The number of aromatic amines is 1. The molecule has 0 aliphatic carbocycles. The van der Waals surface area contributed by atoms with Crippen LogP contribution in [0.4, 0.5) is 5.69 Å². The van der Waals surface area contributed by atoms with Gasteiger partial charge in [-0.15, -0.1) is 0 Å². The topological polar surface area (TPSA) is 108 Å². The van der Waals surface area contributed by atoms with Gasteiger partial charge in [0, 0.05) is 53.9 Å². The average molecular weight is 395 g/mol. The van der Waals surface area contributed by atoms with E-state index in [0.717, 1.165) is 27.4 Å². The van der Waals surface area contributed by atoms with Crippen molar-refractivity contribution in [2.75, 3.05) is 4.90 Å². The first-order valence-electron chi connectivity index (χ1n) is 9.41. The molecule has 2 aromatic heterocycles. The minimum Gasteiger partial charge on any atom is -0.361 e. The summed E-state index contributed by atoms with van der Waals surface area (Å²) in [6, 6.07) is 13.1. The molecule has 146 valence electrons. The first kappa shape index (κ1) is 17.9. The molecule has 0 unspecified atom stereocenters. The third kappa shape index (κ3) is 2.48. The summed E-state index contributed by atoms with van der Waals surface area (Å²) < 4.78 is 1.81. The minimum atomic E-state index is -0.389. The Hall–Kier alpha value is -4.15. The lowest BCUT2D eigenvalue weighted by molar-refractivity contribution is -0.119. The largest absolute Gasteiger partial charge is 0.361 e. The molecule has 2 amide bonds. The molecule has 5 rings (SSSR count). The predicted molar refractivity (Wildman–Crippen MR) is 114 cm³/mol. The number of fused-ring (bicyclic) bond motifs is 2. The molecule has 7 heteroatoms. The van der Waals surface area contributed by atoms with Crippen LogP contribution in [0.15, 0.2) is 54.9 Å². The summed E-state index contributed by atoms with van der Waals surface area (Å²) in [6.45, 7) is 0.423. The number of rotatable bonds is 3. The SMILES string of the molecule is Cn1cc(N2C(=O)C=C(c3c[nH]c4cc(CN)ccc34)C2=O)c2ccc(C#N)cc21. The maximum absolute atomic E-state index is 13.3. The van der Waals surface area contributed by atoms with Crippen molar-refractivity contribution in [3.8, 4) is 6.07 Å². The van der Waals surface area contributed by atoms with Crippen LogP contribution in [0, 0.1) is 11.3 Å². The Labute approximate surface area is 171 Å². The zero-order valence-electron chi connectivity index (χ0n) is 16.1. The van der Waals surface area contributed by atoms with Crippen LogP contribution in [-0.2, 0) is 23.2 Å². The molecular formula is C23H17N5O2. The first-order valence-corrected chi connectivity index (χ1v) is 9.41. The molecule has 0 radical (unpaired) electrons. The Kier molecular flexibility index (Phi) is 3.85. The number of imide groups is 1. The second-order valence-corrected chi connectivity index (χ2v) is 7.29. The van der Waals surface area contributed by atoms with Crippen LogP contribution in [0.1, 0.15) is 16.7 Å². The first-order chi connectivity index (χ1) is 14.5. The molecule has 3 N–H and O–H groups in total. The van der Waals surface area contributed by atoms with Gasteiger partial charge in [-0.1, -0.05) is 12.1 Å². The Bertz CT molecular complexity index is 1450. The van der Waals surface area contributed by atoms with Gasteiger partial charge in [0.1, 0.15) is 0 Å². The molecular weight excluding hydrogens is 378 g/mol. The van der Waals surface area contributed by atoms with Gasteiger partial charge in [-0.3, -0.25) is 9.59 Å². The number of amides is 2. The molecule has 0 atom stereocenters. The summed E-state index contributed by atoms with van der Waals surface area (Å²) in [4.78, 5) is 30.5. The fourth-order valence-corrected chi connectivity index (χ4v) is 4.02. The molecule has 3 heterocycles. The molecule has 0 saturated carbocycles. The van der Waals surface area contributed by atoms with Crippen LogP contribution in [0.25, 0.3) is 27.4 Å². The van der Waals surface area contributed by atoms with Crippen LogP contribution < -0.4 is 10.6 Å². The van der Waals surface area contributed by atoms with Crippen molar-refractivity contribution in [3.63, 3.8) is 0 Å². The molecule has 1 aliphatic rings. The zero-order chi connectivity index (χ0) is 21.0. The number of hydrogen-bond donors (Lipinski definition) is 2. The maximum Gasteiger partial charge on any atom is 0.266 e. The number of carbonyl (C=O) groups excluding carboxylic acids is 2. The Morgan fingerprint density at radius 1 is 1.13 bits per heavy atom. The van der Waals surface area contributed by atoms with E-state index in [1.54, 1.807) is 30.6 Å². The minimum absolute atomic E-state index is 0.345. The van der Waals surface area contributed by atoms with Gasteiger partial charge in [0.05, 0.1) is 28.4 Å². The van der Waals surface area contributed by atoms with Gasteiger partial charge in [0.2, 0.25) is 0 Å². The summed E-state index contributed by atoms with van der Waals surface area (Å²) in [7, 11) is 1.82. The van der Waals surface area contributed by atoms with E-state index >= 15 is 0 Å². The Morgan fingerprint density at radius 2 is 1.93 bits per heavy atom. The normalized spacial score (nSPS) is 14.0. The summed E-state index contributed by atoms with van der Waals surface area (Å²) >= 11 is 0. The van der Waals surface area contributed by atoms with Crippen LogP contribution >= 0.6 is 0 Å². The van der Waals surface area contributed by atoms with E-state index in [9.17, 15) is 9.59 Å². The molecule has 4 aromatic rings. The van der Waals surface area contributed by atoms with Crippen LogP contribution in [-0.4, -0.2) is 21.4 Å². The maximum atomic E-state index is 13.3. The highest BCUT2D eigenvalue weighted by Crippen LogP contribution is 2.36. The van der Waals surface area contributed by atoms with Gasteiger partial charge in [-0.25, -0.2) is 4.90 Å². The van der Waals surface area contributed by atoms with Crippen molar-refractivity contribution in [1.29, 1.82) is 5.26 Å². The number of aromatic nitrogens is 2. The number of benzene rings is 2. The van der Waals surface area contributed by atoms with Crippen molar-refractivity contribution in [1.82, 2.24) is 9.55 Å². The van der Waals surface area contributed by atoms with Gasteiger partial charge >= 0.3 is 0 Å². The summed E-state index contributed by atoms with van der Waals surface area (Å²) in [5.41, 5.74) is 10.4. The summed E-state index contributed by atoms with van der Waals surface area (Å²) in [5.74, 6) is -0.763. The molecule has 2 aromatic carbocycles. The van der Waals surface area contributed by atoms with Crippen molar-refractivity contribution in [3.05, 3.63) is 71.6 Å². The van der Waals surface area contributed by atoms with E-state index in [1.807, 2.05) is 29.8 Å². The quantitative estimate of drug-likeness (QED) is 0.520. The van der Waals surface area contributed by atoms with Crippen molar-refractivity contribution < 1.29 is 9.59 Å². The number of anilines is 1. The van der Waals surface area contributed by atoms with Crippen LogP contribution in [0.2, 0.25) is 0 Å². The molecule has 0 fully saturated rings. The Morgan fingerprint density at radius 3 is 2.70 bits per heavy atom. The number of carbonyl (C=O) groups is 2. The fourth-order valence-electron chi connectivity index (χ4n) is 4.02. The lowest BCUT2D eigenvalue weighted by Crippen LogP contribution is -2.30. The number of hydrogen-bond acceptors (Lipinski definition) is 4. The average Bonchev–Trinajstić information content (AvgIpc) is 3.40. The predicted octanol–water partition coefficient (Wildman–Crippen LogP) is 2.95. The third-order valence-corrected chi connectivity index (χ3v) is 5.53. The third-order valence-electron chi connectivity index (χ3n) is 5.53. The monoisotopic (exact) mass is 395 g/mol.